The maximum atomic E-state index is 12.0. The molecule has 2 N–H and O–H groups in total. The van der Waals surface area contributed by atoms with Gasteiger partial charge in [-0.05, 0) is 36.4 Å². The summed E-state index contributed by atoms with van der Waals surface area (Å²) in [5.41, 5.74) is 0. The summed E-state index contributed by atoms with van der Waals surface area (Å²) in [6, 6.07) is 15.3. The predicted molar refractivity (Wildman–Crippen MR) is 96.8 cm³/mol. The Morgan fingerprint density at radius 3 is 2.33 bits per heavy atom. The topological polar surface area (TPSA) is 75.3 Å². The number of hydrogen-bond acceptors (Lipinski definition) is 4. The van der Waals surface area contributed by atoms with E-state index in [1.165, 1.54) is 23.9 Å². The van der Waals surface area contributed by atoms with Gasteiger partial charge in [0.2, 0.25) is 15.9 Å². The van der Waals surface area contributed by atoms with Crippen molar-refractivity contribution >= 4 is 39.3 Å². The molecule has 5 nitrogen and oxygen atoms in total. The molecular formula is C16H17ClN2O3S2. The number of amides is 1. The van der Waals surface area contributed by atoms with Crippen molar-refractivity contribution in [3.8, 4) is 0 Å². The van der Waals surface area contributed by atoms with E-state index in [0.29, 0.717) is 5.02 Å². The first-order chi connectivity index (χ1) is 11.5. The second-order valence-corrected chi connectivity index (χ2v) is 8.06. The molecule has 0 aliphatic heterocycles. The molecule has 0 bridgehead atoms. The quantitative estimate of drug-likeness (QED) is 0.541. The van der Waals surface area contributed by atoms with E-state index in [2.05, 4.69) is 10.0 Å². The van der Waals surface area contributed by atoms with E-state index in [9.17, 15) is 13.2 Å². The largest absolute Gasteiger partial charge is 0.354 e. The predicted octanol–water partition coefficient (Wildman–Crippen LogP) is 2.53. The van der Waals surface area contributed by atoms with Gasteiger partial charge in [0, 0.05) is 23.0 Å². The minimum Gasteiger partial charge on any atom is -0.354 e. The number of sulfonamides is 1. The molecule has 0 saturated carbocycles. The van der Waals surface area contributed by atoms with Crippen LogP contribution in [-0.4, -0.2) is 33.2 Å². The first-order valence-corrected chi connectivity index (χ1v) is 10.0. The van der Waals surface area contributed by atoms with E-state index < -0.39 is 10.0 Å². The summed E-state index contributed by atoms with van der Waals surface area (Å²) in [5.74, 6) is 0.0985. The van der Waals surface area contributed by atoms with Crippen LogP contribution in [0, 0.1) is 0 Å². The highest BCUT2D eigenvalue weighted by Gasteiger charge is 2.12. The monoisotopic (exact) mass is 384 g/mol. The van der Waals surface area contributed by atoms with Crippen LogP contribution in [0.4, 0.5) is 0 Å². The first-order valence-electron chi connectivity index (χ1n) is 7.17. The smallest absolute Gasteiger partial charge is 0.240 e. The summed E-state index contributed by atoms with van der Waals surface area (Å²) in [5, 5.41) is 3.32. The molecule has 0 heterocycles. The van der Waals surface area contributed by atoms with Crippen molar-refractivity contribution in [1.82, 2.24) is 10.0 Å². The van der Waals surface area contributed by atoms with Crippen LogP contribution in [0.3, 0.4) is 0 Å². The number of carbonyl (C=O) groups is 1. The third kappa shape index (κ3) is 6.16. The third-order valence-electron chi connectivity index (χ3n) is 2.98. The van der Waals surface area contributed by atoms with Gasteiger partial charge in [0.05, 0.1) is 10.6 Å². The number of carbonyl (C=O) groups excluding carboxylic acids is 1. The average molecular weight is 385 g/mol. The number of rotatable bonds is 8. The zero-order valence-corrected chi connectivity index (χ0v) is 15.1. The van der Waals surface area contributed by atoms with Gasteiger partial charge in [0.25, 0.3) is 0 Å². The van der Waals surface area contributed by atoms with E-state index in [1.54, 1.807) is 30.3 Å². The normalized spacial score (nSPS) is 11.2. The third-order valence-corrected chi connectivity index (χ3v) is 5.72. The summed E-state index contributed by atoms with van der Waals surface area (Å²) >= 11 is 7.18. The number of halogens is 1. The maximum absolute atomic E-state index is 12.0. The summed E-state index contributed by atoms with van der Waals surface area (Å²) < 4.78 is 26.4. The molecule has 0 atom stereocenters. The van der Waals surface area contributed by atoms with Gasteiger partial charge in [-0.3, -0.25) is 4.79 Å². The molecule has 2 aromatic carbocycles. The molecule has 0 spiro atoms. The van der Waals surface area contributed by atoms with Crippen molar-refractivity contribution in [1.29, 1.82) is 0 Å². The number of benzene rings is 2. The molecule has 0 unspecified atom stereocenters. The molecular weight excluding hydrogens is 368 g/mol. The fourth-order valence-electron chi connectivity index (χ4n) is 1.80. The van der Waals surface area contributed by atoms with Crippen LogP contribution in [0.2, 0.25) is 5.02 Å². The molecule has 128 valence electrons. The van der Waals surface area contributed by atoms with Crippen LogP contribution >= 0.6 is 23.4 Å². The molecule has 8 heteroatoms. The highest BCUT2D eigenvalue weighted by atomic mass is 35.5. The Labute approximate surface area is 150 Å². The maximum Gasteiger partial charge on any atom is 0.240 e. The minimum absolute atomic E-state index is 0.134. The molecule has 0 radical (unpaired) electrons. The van der Waals surface area contributed by atoms with Gasteiger partial charge in [-0.1, -0.05) is 29.8 Å². The molecule has 0 aliphatic carbocycles. The molecule has 24 heavy (non-hydrogen) atoms. The van der Waals surface area contributed by atoms with Crippen LogP contribution in [0.25, 0.3) is 0 Å². The zero-order chi connectivity index (χ0) is 17.4. The fraction of sp³-hybridized carbons (Fsp3) is 0.188. The SMILES string of the molecule is O=C(CSc1ccc(Cl)cc1)NCCNS(=O)(=O)c1ccccc1. The van der Waals surface area contributed by atoms with Crippen molar-refractivity contribution in [2.75, 3.05) is 18.8 Å². The standard InChI is InChI=1S/C16H17ClN2O3S2/c17-13-6-8-14(9-7-13)23-12-16(20)18-10-11-19-24(21,22)15-4-2-1-3-5-15/h1-9,19H,10-12H2,(H,18,20). The van der Waals surface area contributed by atoms with Crippen molar-refractivity contribution in [3.05, 3.63) is 59.6 Å². The number of thioether (sulfide) groups is 1. The van der Waals surface area contributed by atoms with Gasteiger partial charge in [-0.2, -0.15) is 0 Å². The lowest BCUT2D eigenvalue weighted by atomic mass is 10.4. The van der Waals surface area contributed by atoms with Crippen LogP contribution in [0.15, 0.2) is 64.4 Å². The lowest BCUT2D eigenvalue weighted by Crippen LogP contribution is -2.35. The van der Waals surface area contributed by atoms with Gasteiger partial charge >= 0.3 is 0 Å². The first kappa shape index (κ1) is 18.8. The van der Waals surface area contributed by atoms with Crippen LogP contribution in [0.5, 0.6) is 0 Å². The van der Waals surface area contributed by atoms with Crippen LogP contribution < -0.4 is 10.0 Å². The van der Waals surface area contributed by atoms with E-state index >= 15 is 0 Å². The lowest BCUT2D eigenvalue weighted by molar-refractivity contribution is -0.118. The Hall–Kier alpha value is -1.54. The van der Waals surface area contributed by atoms with Crippen molar-refractivity contribution in [2.24, 2.45) is 0 Å². The average Bonchev–Trinajstić information content (AvgIpc) is 2.59. The molecule has 0 aliphatic rings. The summed E-state index contributed by atoms with van der Waals surface area (Å²) in [6.07, 6.45) is 0. The van der Waals surface area contributed by atoms with Crippen molar-refractivity contribution in [3.63, 3.8) is 0 Å². The Bertz CT molecular complexity index is 766. The molecule has 0 fully saturated rings. The molecule has 0 aromatic heterocycles. The van der Waals surface area contributed by atoms with E-state index in [0.717, 1.165) is 4.90 Å². The second-order valence-electron chi connectivity index (χ2n) is 4.80. The highest BCUT2D eigenvalue weighted by molar-refractivity contribution is 8.00. The van der Waals surface area contributed by atoms with Crippen molar-refractivity contribution < 1.29 is 13.2 Å². The van der Waals surface area contributed by atoms with Gasteiger partial charge in [-0.15, -0.1) is 11.8 Å². The minimum atomic E-state index is -3.54. The highest BCUT2D eigenvalue weighted by Crippen LogP contribution is 2.19. The van der Waals surface area contributed by atoms with Gasteiger partial charge < -0.3 is 5.32 Å². The molecule has 0 saturated heterocycles. The van der Waals surface area contributed by atoms with E-state index in [1.807, 2.05) is 12.1 Å². The Morgan fingerprint density at radius 1 is 1.00 bits per heavy atom. The Morgan fingerprint density at radius 2 is 1.67 bits per heavy atom. The molecule has 1 amide bonds. The number of hydrogen-bond donors (Lipinski definition) is 2. The van der Waals surface area contributed by atoms with E-state index in [4.69, 9.17) is 11.6 Å². The Kier molecular flexibility index (Phi) is 7.11. The second kappa shape index (κ2) is 9.08. The summed E-state index contributed by atoms with van der Waals surface area (Å²) in [6.45, 7) is 0.362. The van der Waals surface area contributed by atoms with Gasteiger partial charge in [0.15, 0.2) is 0 Å². The number of nitrogens with one attached hydrogen (secondary N) is 2. The van der Waals surface area contributed by atoms with Crippen molar-refractivity contribution in [2.45, 2.75) is 9.79 Å². The summed E-state index contributed by atoms with van der Waals surface area (Å²) in [4.78, 5) is 12.9. The van der Waals surface area contributed by atoms with Gasteiger partial charge in [0.1, 0.15) is 0 Å². The molecule has 2 aromatic rings. The Balaban J connectivity index is 1.68. The fourth-order valence-corrected chi connectivity index (χ4v) is 3.71. The summed E-state index contributed by atoms with van der Waals surface area (Å²) in [7, 11) is -3.54. The van der Waals surface area contributed by atoms with Crippen LogP contribution in [0.1, 0.15) is 0 Å². The molecule has 2 rings (SSSR count). The van der Waals surface area contributed by atoms with E-state index in [-0.39, 0.29) is 29.6 Å². The van der Waals surface area contributed by atoms with Gasteiger partial charge in [-0.25, -0.2) is 13.1 Å². The lowest BCUT2D eigenvalue weighted by Gasteiger charge is -2.08. The van der Waals surface area contributed by atoms with Crippen LogP contribution in [-0.2, 0) is 14.8 Å². The zero-order valence-electron chi connectivity index (χ0n) is 12.7.